The van der Waals surface area contributed by atoms with Crippen molar-refractivity contribution >= 4 is 45.1 Å². The van der Waals surface area contributed by atoms with Gasteiger partial charge in [0.05, 0.1) is 192 Å². The molecule has 44 nitrogen and oxygen atoms in total. The lowest BCUT2D eigenvalue weighted by Crippen LogP contribution is -2.49. The van der Waals surface area contributed by atoms with Gasteiger partial charge in [-0.25, -0.2) is 4.79 Å². The first-order chi connectivity index (χ1) is 67.4. The molecule has 8 heterocycles. The van der Waals surface area contributed by atoms with Crippen LogP contribution in [-0.2, 0) is 158 Å². The Kier molecular flexibility index (Phi) is 53.1. The number of aliphatic hydroxyl groups is 4. The van der Waals surface area contributed by atoms with Gasteiger partial charge in [-0.15, -0.1) is 0 Å². The summed E-state index contributed by atoms with van der Waals surface area (Å²) in [5, 5.41) is 41.3. The van der Waals surface area contributed by atoms with E-state index < -0.39 is 167 Å². The smallest absolute Gasteiger partial charge is 0.343 e. The number of hydrogen-bond donors (Lipinski definition) is 5. The molecule has 0 aromatic heterocycles. The Morgan fingerprint density at radius 3 is 1.04 bits per heavy atom. The van der Waals surface area contributed by atoms with E-state index in [0.29, 0.717) is 44.9 Å². The Morgan fingerprint density at radius 2 is 0.664 bits per heavy atom. The zero-order valence-corrected chi connectivity index (χ0v) is 95.6. The summed E-state index contributed by atoms with van der Waals surface area (Å²) in [4.78, 5) is 75.2. The van der Waals surface area contributed by atoms with Crippen LogP contribution in [0.4, 0.5) is 0 Å². The van der Waals surface area contributed by atoms with Gasteiger partial charge in [0.25, 0.3) is 0 Å². The standard InChI is InChI=1S/C20H37O9P.C20H37O8P.C19H36NO8P.2C19H35O9P/c1-12(2)24-11-20(10-21)18(9-15(6)27-20)29-30(22,23)28-16(7)19-17(25-13(3)4)8-14(5)26-19;1-11(2)24-10-16-17(8-13(5)19(16)21)28-29(22,23)27-15(7)20-18(25-12(3)4)9-14(6)26-20;1-10(2)24-9-14-15(7-12(5)17(14)20)27-29(22,23)28-19(21)18-16(25-11(3)4)8-13(6)26-18;1-11(2)23-10-19(20)17(9-14(6)26-19)28-29(21,22)27-15(7)18-16(24-12(3)4)8-13(5)25-18;1-10(2)23-9-16-19(17(20)13(6)26-16)28-29(21,22)27-14(7)18-15(24-11(3)4)8-12(5)25-18/h12-15,17-19,21H,7-11H2,1-6H3,(H,22,23);11-14,16-21H,7-10H2,1-6H3,(H,22,23);10-18H,7-9,20H2,1-6H3,(H,22,23);11-14,16-18,20H,7-10H2,1-6H3,(H,21,22);10-13,15-20H,7-9H2,1-6H3,(H,21,22)/p-5/t14-,15-,17+,18+,19+,20+;13-,14-,16+,17+,18+,19?,20+;12-,13-,14+,15+,16+,17?,18-;13-,14-,16+,17+,18+,19+;12-,13-,15+,16+,17?,18+,19-/m00000/s1. The molecule has 0 bridgehead atoms. The van der Waals surface area contributed by atoms with Crippen molar-refractivity contribution in [2.24, 2.45) is 29.4 Å². The second-order valence-corrected chi connectivity index (χ2v) is 48.9. The summed E-state index contributed by atoms with van der Waals surface area (Å²) < 4.78 is 216. The van der Waals surface area contributed by atoms with E-state index in [4.69, 9.17) is 136 Å². The first kappa shape index (κ1) is 132. The predicted octanol–water partition coefficient (Wildman–Crippen LogP) is 11.0. The van der Waals surface area contributed by atoms with Gasteiger partial charge in [-0.3, -0.25) is 22.8 Å². The Morgan fingerprint density at radius 1 is 0.356 bits per heavy atom. The molecule has 856 valence electrons. The average molecular weight is 2200 g/mol. The van der Waals surface area contributed by atoms with Gasteiger partial charge in [0, 0.05) is 62.8 Å². The van der Waals surface area contributed by atoms with Crippen molar-refractivity contribution in [3.63, 3.8) is 0 Å². The van der Waals surface area contributed by atoms with Crippen LogP contribution in [0.3, 0.4) is 0 Å². The lowest BCUT2D eigenvalue weighted by atomic mass is 9.98. The molecule has 2 aliphatic carbocycles. The summed E-state index contributed by atoms with van der Waals surface area (Å²) in [6, 6.07) is -0.266. The fraction of sp³-hybridized carbons (Fsp3) is 0.907. The van der Waals surface area contributed by atoms with Crippen LogP contribution in [0.1, 0.15) is 265 Å². The highest BCUT2D eigenvalue weighted by molar-refractivity contribution is 7.47. The monoisotopic (exact) mass is 2200 g/mol. The van der Waals surface area contributed by atoms with Crippen LogP contribution >= 0.6 is 39.1 Å². The minimum Gasteiger partial charge on any atom is -0.746 e. The van der Waals surface area contributed by atoms with E-state index in [1.54, 1.807) is 41.5 Å². The normalized spacial score (nSPS) is 37.1. The van der Waals surface area contributed by atoms with Gasteiger partial charge in [0.15, 0.2) is 6.10 Å². The molecule has 146 heavy (non-hydrogen) atoms. The number of rotatable bonds is 50. The first-order valence-corrected chi connectivity index (χ1v) is 58.5. The number of carbonyl (C=O) groups excluding carboxylic acids is 1. The maximum atomic E-state index is 12.7. The summed E-state index contributed by atoms with van der Waals surface area (Å²) in [6.07, 6.45) is -12.0. The van der Waals surface area contributed by atoms with E-state index in [2.05, 4.69) is 26.3 Å². The second kappa shape index (κ2) is 58.7. The van der Waals surface area contributed by atoms with Crippen molar-refractivity contribution in [3.8, 4) is 0 Å². The highest BCUT2D eigenvalue weighted by Crippen LogP contribution is 2.55. The van der Waals surface area contributed by atoms with Crippen LogP contribution < -0.4 is 30.2 Å². The lowest BCUT2D eigenvalue weighted by molar-refractivity contribution is -0.272. The average Bonchev–Trinajstić information content (AvgIpc) is 1.60. The van der Waals surface area contributed by atoms with Crippen LogP contribution in [0.15, 0.2) is 49.4 Å². The summed E-state index contributed by atoms with van der Waals surface area (Å²) >= 11 is 0. The zero-order valence-electron chi connectivity index (χ0n) is 91.1. The molecule has 10 rings (SSSR count). The van der Waals surface area contributed by atoms with Crippen LogP contribution in [-0.4, -0.2) is 303 Å². The van der Waals surface area contributed by atoms with E-state index >= 15 is 0 Å². The Balaban J connectivity index is 0.000000279. The molecule has 49 heteroatoms. The minimum absolute atomic E-state index is 0.00925. The fourth-order valence-corrected chi connectivity index (χ4v) is 23.5. The highest BCUT2D eigenvalue weighted by Gasteiger charge is 2.55. The van der Waals surface area contributed by atoms with Gasteiger partial charge in [0.2, 0.25) is 5.79 Å². The number of hydrogen-bond acceptors (Lipinski definition) is 44. The van der Waals surface area contributed by atoms with Crippen molar-refractivity contribution in [2.45, 2.75) is 503 Å². The van der Waals surface area contributed by atoms with Crippen LogP contribution in [0, 0.1) is 23.7 Å². The molecule has 8 aliphatic heterocycles. The Bertz CT molecular complexity index is 4060. The van der Waals surface area contributed by atoms with E-state index in [9.17, 15) is 72.5 Å². The van der Waals surface area contributed by atoms with Gasteiger partial charge in [0.1, 0.15) is 90.2 Å². The van der Waals surface area contributed by atoms with Gasteiger partial charge in [-0.1, -0.05) is 40.2 Å². The summed E-state index contributed by atoms with van der Waals surface area (Å²) in [7, 11) is -24.2. The van der Waals surface area contributed by atoms with Crippen molar-refractivity contribution in [2.75, 3.05) is 39.6 Å². The molecule has 2 saturated carbocycles. The first-order valence-electron chi connectivity index (χ1n) is 51.2. The minimum atomic E-state index is -4.91. The summed E-state index contributed by atoms with van der Waals surface area (Å²) in [6.45, 7) is 70.2. The van der Waals surface area contributed by atoms with Crippen molar-refractivity contribution in [1.82, 2.24) is 0 Å². The van der Waals surface area contributed by atoms with Crippen molar-refractivity contribution in [1.29, 1.82) is 0 Å². The van der Waals surface area contributed by atoms with Crippen LogP contribution in [0.5, 0.6) is 0 Å². The SMILES string of the molecule is C=C(OP(=O)([O-])O[C@@H]1C(O)[C@H](C)O[C@@H]1COC(C)C)[C@H]1O[C@@H](C)C[C@H]1OC(C)C.C=C(OP(=O)([O-])O[C@@H]1C[C@H](C)C(O)[C@@H]1COC(C)C)[C@H]1O[C@@H](C)C[C@H]1OC(C)C.C=C(OP(=O)([O-])O[C@@H]1C[C@H](C)O[C@]1(CO)COC(C)C)[C@H]1O[C@@H](C)C[C@H]1OC(C)C.C=C(OP(=O)([O-])O[C@@H]1C[C@H](C)O[C@]1(O)COC(C)C)[C@H]1O[C@@H](C)C[C@H]1OC(C)C.CC(C)OC[C@H]1C(N)[C@@H](C)C[C@H]1OP(=O)([O-])OC(=O)[C@H]1O[C@@H](C)C[C@H]1OC(C)C. The maximum Gasteiger partial charge on any atom is 0.343 e. The molecule has 8 unspecified atom stereocenters. The molecule has 38 atom stereocenters. The molecule has 0 amide bonds. The summed E-state index contributed by atoms with van der Waals surface area (Å²) in [5.41, 5.74) is 4.91. The number of nitrogens with two attached hydrogens (primary N) is 1. The number of aliphatic hydroxyl groups excluding tert-OH is 3. The van der Waals surface area contributed by atoms with Gasteiger partial charge in [-0.2, -0.15) is 0 Å². The predicted molar refractivity (Wildman–Crippen MR) is 524 cm³/mol. The van der Waals surface area contributed by atoms with E-state index in [1.165, 1.54) is 0 Å². The van der Waals surface area contributed by atoms with Crippen LogP contribution in [0.2, 0.25) is 0 Å². The fourth-order valence-electron chi connectivity index (χ4n) is 18.5. The third kappa shape index (κ3) is 42.8. The molecule has 0 spiro atoms. The largest absolute Gasteiger partial charge is 0.746 e. The maximum absolute atomic E-state index is 12.7. The molecule has 10 fully saturated rings. The van der Waals surface area contributed by atoms with E-state index in [-0.39, 0.29) is 215 Å². The van der Waals surface area contributed by atoms with E-state index in [1.807, 2.05) is 166 Å². The molecule has 0 radical (unpaired) electrons. The lowest BCUT2D eigenvalue weighted by Gasteiger charge is -2.36. The molecular weight excluding hydrogens is 2020 g/mol. The zero-order chi connectivity index (χ0) is 110. The Labute approximate surface area is 865 Å². The number of carbonyl (C=O) groups is 1. The molecule has 8 saturated heterocycles. The molecule has 0 aromatic rings. The molecule has 6 N–H and O–H groups in total. The van der Waals surface area contributed by atoms with Gasteiger partial charge < -0.3 is 181 Å². The number of phosphoric acid groups is 5. The topological polar surface area (TPSA) is 583 Å². The van der Waals surface area contributed by atoms with Crippen molar-refractivity contribution < 1.29 is 203 Å². The highest BCUT2D eigenvalue weighted by atomic mass is 31.2. The third-order valence-electron chi connectivity index (χ3n) is 24.9. The molecular formula is C97H175NO43P5-5. The van der Waals surface area contributed by atoms with Crippen LogP contribution in [0.25, 0.3) is 0 Å². The molecule has 0 aromatic carbocycles. The van der Waals surface area contributed by atoms with E-state index in [0.717, 1.165) is 0 Å². The Hall–Kier alpha value is -2.54. The molecule has 10 aliphatic rings. The second-order valence-electron chi connectivity index (χ2n) is 42.5. The number of phosphoric ester groups is 5. The third-order valence-corrected chi connectivity index (χ3v) is 29.7. The quantitative estimate of drug-likeness (QED) is 0.0279. The van der Waals surface area contributed by atoms with Gasteiger partial charge in [-0.05, 0) is 219 Å². The number of ether oxygens (including phenoxy) is 18. The summed E-state index contributed by atoms with van der Waals surface area (Å²) in [5.74, 6) is -4.12. The van der Waals surface area contributed by atoms with Crippen molar-refractivity contribution in [3.05, 3.63) is 49.4 Å². The van der Waals surface area contributed by atoms with Gasteiger partial charge >= 0.3 is 45.1 Å².